The highest BCUT2D eigenvalue weighted by atomic mass is 16.4. The number of aliphatic carboxylic acids is 1. The van der Waals surface area contributed by atoms with Crippen molar-refractivity contribution in [1.82, 2.24) is 9.97 Å². The van der Waals surface area contributed by atoms with E-state index in [1.54, 1.807) is 18.5 Å². The lowest BCUT2D eigenvalue weighted by molar-refractivity contribution is -0.137. The Labute approximate surface area is 96.8 Å². The minimum Gasteiger partial charge on any atom is -0.481 e. The molecule has 4 heteroatoms. The summed E-state index contributed by atoms with van der Waals surface area (Å²) in [5, 5.41) is 8.27. The molecular formula is C12H20N2O2. The van der Waals surface area contributed by atoms with Gasteiger partial charge in [-0.2, -0.15) is 0 Å². The Morgan fingerprint density at radius 2 is 1.75 bits per heavy atom. The van der Waals surface area contributed by atoms with Gasteiger partial charge in [-0.05, 0) is 12.5 Å². The van der Waals surface area contributed by atoms with Crippen molar-refractivity contribution in [3.63, 3.8) is 0 Å². The third kappa shape index (κ3) is 12.6. The number of nitrogens with zero attached hydrogens (tertiary/aromatic N) is 2. The number of rotatable bonds is 6. The number of unbranched alkanes of at least 4 members (excludes halogenated alkanes) is 4. The summed E-state index contributed by atoms with van der Waals surface area (Å²) in [4.78, 5) is 17.4. The van der Waals surface area contributed by atoms with Crippen LogP contribution in [0, 0.1) is 0 Å². The maximum atomic E-state index is 10.0. The molecule has 0 fully saturated rings. The van der Waals surface area contributed by atoms with Crippen LogP contribution in [0.3, 0.4) is 0 Å². The highest BCUT2D eigenvalue weighted by Gasteiger charge is 1.94. The molecule has 0 unspecified atom stereocenters. The topological polar surface area (TPSA) is 63.1 Å². The Morgan fingerprint density at radius 3 is 2.12 bits per heavy atom. The molecule has 1 rings (SSSR count). The Hall–Kier alpha value is -1.45. The summed E-state index contributed by atoms with van der Waals surface area (Å²) in [5.41, 5.74) is 0. The van der Waals surface area contributed by atoms with Crippen molar-refractivity contribution in [2.24, 2.45) is 0 Å². The van der Waals surface area contributed by atoms with Crippen LogP contribution in [0.2, 0.25) is 0 Å². The highest BCUT2D eigenvalue weighted by Crippen LogP contribution is 2.04. The number of carboxylic acids is 1. The summed E-state index contributed by atoms with van der Waals surface area (Å²) < 4.78 is 0. The van der Waals surface area contributed by atoms with Crippen molar-refractivity contribution >= 4 is 5.97 Å². The molecule has 16 heavy (non-hydrogen) atoms. The average molecular weight is 224 g/mol. The molecule has 0 aliphatic carbocycles. The standard InChI is InChI=1S/C8H16O2.C4H4N2/c1-2-3-4-5-6-7-8(9)10;1-2-5-4-6-3-1/h2-7H2,1H3,(H,9,10);1-4H. The van der Waals surface area contributed by atoms with Gasteiger partial charge in [0, 0.05) is 18.8 Å². The summed E-state index contributed by atoms with van der Waals surface area (Å²) in [7, 11) is 0. The molecule has 0 amide bonds. The van der Waals surface area contributed by atoms with Gasteiger partial charge in [0.05, 0.1) is 0 Å². The van der Waals surface area contributed by atoms with E-state index in [4.69, 9.17) is 5.11 Å². The zero-order valence-corrected chi connectivity index (χ0v) is 9.80. The number of carbonyl (C=O) groups is 1. The molecule has 4 nitrogen and oxygen atoms in total. The quantitative estimate of drug-likeness (QED) is 0.754. The summed E-state index contributed by atoms with van der Waals surface area (Å²) >= 11 is 0. The van der Waals surface area contributed by atoms with E-state index in [9.17, 15) is 4.79 Å². The maximum absolute atomic E-state index is 10.0. The molecule has 0 aromatic carbocycles. The van der Waals surface area contributed by atoms with Crippen LogP contribution in [0.4, 0.5) is 0 Å². The van der Waals surface area contributed by atoms with Gasteiger partial charge in [-0.3, -0.25) is 4.79 Å². The molecule has 1 heterocycles. The first-order valence-corrected chi connectivity index (χ1v) is 5.69. The van der Waals surface area contributed by atoms with Crippen LogP contribution >= 0.6 is 0 Å². The third-order valence-corrected chi connectivity index (χ3v) is 1.97. The summed E-state index contributed by atoms with van der Waals surface area (Å²) in [6.07, 6.45) is 10.8. The molecule has 0 atom stereocenters. The van der Waals surface area contributed by atoms with Gasteiger partial charge >= 0.3 is 5.97 Å². The van der Waals surface area contributed by atoms with Gasteiger partial charge < -0.3 is 5.11 Å². The van der Waals surface area contributed by atoms with Crippen molar-refractivity contribution in [2.45, 2.75) is 45.4 Å². The Balaban J connectivity index is 0.000000315. The Bertz CT molecular complexity index is 226. The first kappa shape index (κ1) is 14.6. The van der Waals surface area contributed by atoms with E-state index in [1.807, 2.05) is 0 Å². The first-order valence-electron chi connectivity index (χ1n) is 5.69. The van der Waals surface area contributed by atoms with Crippen molar-refractivity contribution in [1.29, 1.82) is 0 Å². The smallest absolute Gasteiger partial charge is 0.303 e. The van der Waals surface area contributed by atoms with Gasteiger partial charge in [-0.1, -0.05) is 32.6 Å². The number of aromatic nitrogens is 2. The van der Waals surface area contributed by atoms with Crippen molar-refractivity contribution < 1.29 is 9.90 Å². The Kier molecular flexibility index (Phi) is 10.6. The van der Waals surface area contributed by atoms with E-state index in [2.05, 4.69) is 16.9 Å². The van der Waals surface area contributed by atoms with Crippen LogP contribution in [0.1, 0.15) is 45.4 Å². The molecular weight excluding hydrogens is 204 g/mol. The zero-order chi connectivity index (χ0) is 12.1. The Morgan fingerprint density at radius 1 is 1.12 bits per heavy atom. The number of carboxylic acid groups (broad SMARTS) is 1. The van der Waals surface area contributed by atoms with Gasteiger partial charge in [-0.25, -0.2) is 9.97 Å². The number of hydrogen-bond donors (Lipinski definition) is 1. The molecule has 0 saturated carbocycles. The second kappa shape index (κ2) is 11.6. The predicted octanol–water partition coefficient (Wildman–Crippen LogP) is 2.91. The van der Waals surface area contributed by atoms with Gasteiger partial charge in [0.25, 0.3) is 0 Å². The lowest BCUT2D eigenvalue weighted by Gasteiger charge is -1.95. The fraction of sp³-hybridized carbons (Fsp3) is 0.583. The third-order valence-electron chi connectivity index (χ3n) is 1.97. The fourth-order valence-corrected chi connectivity index (χ4v) is 1.13. The van der Waals surface area contributed by atoms with Crippen molar-refractivity contribution in [3.05, 3.63) is 24.8 Å². The van der Waals surface area contributed by atoms with E-state index in [0.29, 0.717) is 6.42 Å². The summed E-state index contributed by atoms with van der Waals surface area (Å²) in [6.45, 7) is 2.15. The monoisotopic (exact) mass is 224 g/mol. The lowest BCUT2D eigenvalue weighted by atomic mass is 10.1. The molecule has 0 saturated heterocycles. The maximum Gasteiger partial charge on any atom is 0.303 e. The lowest BCUT2D eigenvalue weighted by Crippen LogP contribution is -1.93. The van der Waals surface area contributed by atoms with Crippen molar-refractivity contribution in [3.8, 4) is 0 Å². The molecule has 0 bridgehead atoms. The molecule has 1 aromatic rings. The first-order chi connectivity index (χ1) is 7.77. The molecule has 1 N–H and O–H groups in total. The molecule has 0 aliphatic rings. The van der Waals surface area contributed by atoms with E-state index >= 15 is 0 Å². The van der Waals surface area contributed by atoms with E-state index in [1.165, 1.54) is 25.6 Å². The van der Waals surface area contributed by atoms with Gasteiger partial charge in [0.1, 0.15) is 6.33 Å². The van der Waals surface area contributed by atoms with Crippen LogP contribution in [-0.4, -0.2) is 21.0 Å². The van der Waals surface area contributed by atoms with Crippen LogP contribution in [0.15, 0.2) is 24.8 Å². The molecule has 0 spiro atoms. The second-order valence-electron chi connectivity index (χ2n) is 3.46. The van der Waals surface area contributed by atoms with E-state index in [0.717, 1.165) is 12.8 Å². The molecule has 1 aromatic heterocycles. The van der Waals surface area contributed by atoms with Crippen LogP contribution in [-0.2, 0) is 4.79 Å². The van der Waals surface area contributed by atoms with Gasteiger partial charge in [0.15, 0.2) is 0 Å². The fourth-order valence-electron chi connectivity index (χ4n) is 1.13. The molecule has 0 aliphatic heterocycles. The normalized spacial score (nSPS) is 9.06. The average Bonchev–Trinajstić information content (AvgIpc) is 2.31. The minimum atomic E-state index is -0.670. The predicted molar refractivity (Wildman–Crippen MR) is 63.0 cm³/mol. The van der Waals surface area contributed by atoms with Crippen LogP contribution in [0.5, 0.6) is 0 Å². The number of hydrogen-bond acceptors (Lipinski definition) is 3. The largest absolute Gasteiger partial charge is 0.481 e. The second-order valence-corrected chi connectivity index (χ2v) is 3.46. The molecule has 0 radical (unpaired) electrons. The highest BCUT2D eigenvalue weighted by molar-refractivity contribution is 5.66. The van der Waals surface area contributed by atoms with Crippen molar-refractivity contribution in [2.75, 3.05) is 0 Å². The van der Waals surface area contributed by atoms with E-state index < -0.39 is 5.97 Å². The van der Waals surface area contributed by atoms with Crippen LogP contribution < -0.4 is 0 Å². The van der Waals surface area contributed by atoms with Gasteiger partial charge in [0.2, 0.25) is 0 Å². The minimum absolute atomic E-state index is 0.337. The van der Waals surface area contributed by atoms with Crippen LogP contribution in [0.25, 0.3) is 0 Å². The SMILES string of the molecule is CCCCCCCC(=O)O.c1cncnc1. The zero-order valence-electron chi connectivity index (χ0n) is 9.80. The summed E-state index contributed by atoms with van der Waals surface area (Å²) in [6, 6.07) is 1.78. The van der Waals surface area contributed by atoms with Gasteiger partial charge in [-0.15, -0.1) is 0 Å². The van der Waals surface area contributed by atoms with E-state index in [-0.39, 0.29) is 0 Å². The summed E-state index contributed by atoms with van der Waals surface area (Å²) in [5.74, 6) is -0.670. The molecule has 90 valence electrons.